The van der Waals surface area contributed by atoms with Crippen molar-refractivity contribution in [3.05, 3.63) is 0 Å². The van der Waals surface area contributed by atoms with Gasteiger partial charge in [-0.25, -0.2) is 0 Å². The topological polar surface area (TPSA) is 12.0 Å². The standard InChI is InChI=1S/C15H29N/c1-2-5-13-8-10-15(11-9-13)16-12-14-6-3-4-7-14/h13-16H,2-12H2,1H3. The fourth-order valence-electron chi connectivity index (χ4n) is 3.61. The van der Waals surface area contributed by atoms with Crippen LogP contribution in [0.25, 0.3) is 0 Å². The quantitative estimate of drug-likeness (QED) is 0.739. The van der Waals surface area contributed by atoms with Crippen LogP contribution in [0, 0.1) is 11.8 Å². The minimum atomic E-state index is 0.855. The SMILES string of the molecule is CCCC1CCC(NCC2CCCC2)CC1. The summed E-state index contributed by atoms with van der Waals surface area (Å²) < 4.78 is 0. The molecule has 0 unspecified atom stereocenters. The van der Waals surface area contributed by atoms with Gasteiger partial charge in [0.25, 0.3) is 0 Å². The largest absolute Gasteiger partial charge is 0.314 e. The van der Waals surface area contributed by atoms with Crippen LogP contribution < -0.4 is 5.32 Å². The van der Waals surface area contributed by atoms with Gasteiger partial charge in [0.1, 0.15) is 0 Å². The van der Waals surface area contributed by atoms with Crippen molar-refractivity contribution in [2.45, 2.75) is 77.2 Å². The van der Waals surface area contributed by atoms with Crippen molar-refractivity contribution < 1.29 is 0 Å². The zero-order chi connectivity index (χ0) is 11.2. The molecule has 0 bridgehead atoms. The van der Waals surface area contributed by atoms with Crippen LogP contribution in [-0.2, 0) is 0 Å². The van der Waals surface area contributed by atoms with E-state index in [0.29, 0.717) is 0 Å². The number of nitrogens with one attached hydrogen (secondary N) is 1. The summed E-state index contributed by atoms with van der Waals surface area (Å²) in [4.78, 5) is 0. The van der Waals surface area contributed by atoms with Gasteiger partial charge in [-0.2, -0.15) is 0 Å². The summed E-state index contributed by atoms with van der Waals surface area (Å²) in [7, 11) is 0. The first-order valence-corrected chi connectivity index (χ1v) is 7.62. The Kier molecular flexibility index (Phi) is 5.15. The van der Waals surface area contributed by atoms with Crippen molar-refractivity contribution >= 4 is 0 Å². The molecule has 2 aliphatic rings. The number of hydrogen-bond donors (Lipinski definition) is 1. The normalized spacial score (nSPS) is 32.1. The molecule has 2 rings (SSSR count). The van der Waals surface area contributed by atoms with Crippen molar-refractivity contribution in [1.82, 2.24) is 5.32 Å². The highest BCUT2D eigenvalue weighted by atomic mass is 14.9. The molecule has 2 fully saturated rings. The van der Waals surface area contributed by atoms with Gasteiger partial charge in [-0.15, -0.1) is 0 Å². The molecule has 0 atom stereocenters. The molecule has 0 radical (unpaired) electrons. The molecule has 2 aliphatic carbocycles. The van der Waals surface area contributed by atoms with E-state index in [1.807, 2.05) is 0 Å². The lowest BCUT2D eigenvalue weighted by Gasteiger charge is -2.29. The van der Waals surface area contributed by atoms with Gasteiger partial charge in [-0.05, 0) is 56.9 Å². The van der Waals surface area contributed by atoms with Gasteiger partial charge in [0.15, 0.2) is 0 Å². The Morgan fingerprint density at radius 1 is 0.875 bits per heavy atom. The summed E-state index contributed by atoms with van der Waals surface area (Å²) in [6.45, 7) is 3.63. The minimum Gasteiger partial charge on any atom is -0.314 e. The Morgan fingerprint density at radius 3 is 2.19 bits per heavy atom. The molecule has 1 nitrogen and oxygen atoms in total. The molecule has 0 spiro atoms. The monoisotopic (exact) mass is 223 g/mol. The zero-order valence-electron chi connectivity index (χ0n) is 11.0. The molecule has 1 N–H and O–H groups in total. The van der Waals surface area contributed by atoms with Gasteiger partial charge in [-0.1, -0.05) is 32.6 Å². The van der Waals surface area contributed by atoms with Gasteiger partial charge < -0.3 is 5.32 Å². The Hall–Kier alpha value is -0.0400. The van der Waals surface area contributed by atoms with E-state index in [9.17, 15) is 0 Å². The zero-order valence-corrected chi connectivity index (χ0v) is 11.0. The maximum atomic E-state index is 3.83. The highest BCUT2D eigenvalue weighted by Gasteiger charge is 2.21. The molecule has 0 aliphatic heterocycles. The second-order valence-electron chi connectivity index (χ2n) is 6.07. The Morgan fingerprint density at radius 2 is 1.56 bits per heavy atom. The van der Waals surface area contributed by atoms with E-state index >= 15 is 0 Å². The summed E-state index contributed by atoms with van der Waals surface area (Å²) in [6, 6.07) is 0.855. The third-order valence-electron chi connectivity index (χ3n) is 4.71. The Balaban J connectivity index is 1.57. The average Bonchev–Trinajstić information content (AvgIpc) is 2.82. The fourth-order valence-corrected chi connectivity index (χ4v) is 3.61. The Bertz CT molecular complexity index is 176. The molecule has 0 heterocycles. The molecule has 94 valence electrons. The van der Waals surface area contributed by atoms with Gasteiger partial charge in [-0.3, -0.25) is 0 Å². The lowest BCUT2D eigenvalue weighted by Crippen LogP contribution is -2.35. The van der Waals surface area contributed by atoms with Crippen molar-refractivity contribution in [1.29, 1.82) is 0 Å². The summed E-state index contributed by atoms with van der Waals surface area (Å²) in [5.41, 5.74) is 0. The maximum Gasteiger partial charge on any atom is 0.00673 e. The highest BCUT2D eigenvalue weighted by molar-refractivity contribution is 4.79. The third-order valence-corrected chi connectivity index (χ3v) is 4.71. The summed E-state index contributed by atoms with van der Waals surface area (Å²) >= 11 is 0. The molecule has 2 saturated carbocycles. The highest BCUT2D eigenvalue weighted by Crippen LogP contribution is 2.29. The van der Waals surface area contributed by atoms with E-state index in [-0.39, 0.29) is 0 Å². The van der Waals surface area contributed by atoms with Crippen LogP contribution >= 0.6 is 0 Å². The minimum absolute atomic E-state index is 0.855. The van der Waals surface area contributed by atoms with E-state index in [0.717, 1.165) is 17.9 Å². The van der Waals surface area contributed by atoms with Crippen molar-refractivity contribution in [3.63, 3.8) is 0 Å². The van der Waals surface area contributed by atoms with Gasteiger partial charge in [0.2, 0.25) is 0 Å². The molecule has 0 aromatic carbocycles. The van der Waals surface area contributed by atoms with Gasteiger partial charge >= 0.3 is 0 Å². The summed E-state index contributed by atoms with van der Waals surface area (Å²) in [6.07, 6.45) is 14.6. The smallest absolute Gasteiger partial charge is 0.00673 e. The van der Waals surface area contributed by atoms with Crippen LogP contribution in [0.5, 0.6) is 0 Å². The van der Waals surface area contributed by atoms with Gasteiger partial charge in [0, 0.05) is 6.04 Å². The lowest BCUT2D eigenvalue weighted by atomic mass is 9.83. The van der Waals surface area contributed by atoms with Crippen LogP contribution in [0.2, 0.25) is 0 Å². The first-order valence-electron chi connectivity index (χ1n) is 7.62. The molecular weight excluding hydrogens is 194 g/mol. The molecule has 1 heteroatoms. The first kappa shape index (κ1) is 12.4. The molecular formula is C15H29N. The second-order valence-corrected chi connectivity index (χ2v) is 6.07. The van der Waals surface area contributed by atoms with Crippen LogP contribution in [0.3, 0.4) is 0 Å². The van der Waals surface area contributed by atoms with Gasteiger partial charge in [0.05, 0.1) is 0 Å². The summed E-state index contributed by atoms with van der Waals surface area (Å²) in [5.74, 6) is 2.06. The number of rotatable bonds is 5. The first-order chi connectivity index (χ1) is 7.88. The molecule has 0 amide bonds. The van der Waals surface area contributed by atoms with E-state index in [1.54, 1.807) is 0 Å². The molecule has 0 aromatic rings. The Labute approximate surface area is 101 Å². The summed E-state index contributed by atoms with van der Waals surface area (Å²) in [5, 5.41) is 3.83. The van der Waals surface area contributed by atoms with Crippen LogP contribution in [0.4, 0.5) is 0 Å². The predicted molar refractivity (Wildman–Crippen MR) is 70.6 cm³/mol. The third kappa shape index (κ3) is 3.76. The van der Waals surface area contributed by atoms with E-state index in [2.05, 4.69) is 12.2 Å². The van der Waals surface area contributed by atoms with Crippen molar-refractivity contribution in [2.75, 3.05) is 6.54 Å². The lowest BCUT2D eigenvalue weighted by molar-refractivity contribution is 0.270. The molecule has 0 aromatic heterocycles. The average molecular weight is 223 g/mol. The van der Waals surface area contributed by atoms with E-state index < -0.39 is 0 Å². The van der Waals surface area contributed by atoms with E-state index in [1.165, 1.54) is 70.8 Å². The second kappa shape index (κ2) is 6.64. The van der Waals surface area contributed by atoms with Crippen LogP contribution in [-0.4, -0.2) is 12.6 Å². The maximum absolute atomic E-state index is 3.83. The van der Waals surface area contributed by atoms with Crippen molar-refractivity contribution in [2.24, 2.45) is 11.8 Å². The molecule has 0 saturated heterocycles. The number of hydrogen-bond acceptors (Lipinski definition) is 1. The van der Waals surface area contributed by atoms with Crippen LogP contribution in [0.15, 0.2) is 0 Å². The van der Waals surface area contributed by atoms with Crippen LogP contribution in [0.1, 0.15) is 71.1 Å². The predicted octanol–water partition coefficient (Wildman–Crippen LogP) is 4.13. The van der Waals surface area contributed by atoms with E-state index in [4.69, 9.17) is 0 Å². The van der Waals surface area contributed by atoms with Crippen molar-refractivity contribution in [3.8, 4) is 0 Å². The fraction of sp³-hybridized carbons (Fsp3) is 1.00. The molecule has 16 heavy (non-hydrogen) atoms.